The third-order valence-corrected chi connectivity index (χ3v) is 6.47. The average Bonchev–Trinajstić information content (AvgIpc) is 3.40. The molecule has 10 heteroatoms. The van der Waals surface area contributed by atoms with Crippen LogP contribution < -0.4 is 5.32 Å². The lowest BCUT2D eigenvalue weighted by Gasteiger charge is -2.33. The quantitative estimate of drug-likeness (QED) is 0.587. The standard InChI is InChI=1S/C24H23F3N6O/c1-14-17(3-2-16-8-15(11-28)9-19(14)16)12-33-6-4-18(5-7-33)31-22-21-23(30-13-29-22)32-20(34-21)10-24(25,26)27/h2-3,9,13,18H,4-8,10,12H2,1H3,(H,29,30,31). The number of nitriles is 1. The van der Waals surface area contributed by atoms with E-state index in [2.05, 4.69) is 50.3 Å². The normalized spacial score (nSPS) is 17.0. The fraction of sp³-hybridized carbons (Fsp3) is 0.417. The van der Waals surface area contributed by atoms with Gasteiger partial charge >= 0.3 is 6.18 Å². The predicted molar refractivity (Wildman–Crippen MR) is 120 cm³/mol. The molecule has 0 saturated carbocycles. The van der Waals surface area contributed by atoms with Gasteiger partial charge in [0.05, 0.1) is 6.07 Å². The van der Waals surface area contributed by atoms with Gasteiger partial charge in [-0.1, -0.05) is 12.1 Å². The van der Waals surface area contributed by atoms with Gasteiger partial charge in [-0.25, -0.2) is 9.97 Å². The second-order valence-electron chi connectivity index (χ2n) is 8.85. The fourth-order valence-corrected chi connectivity index (χ4v) is 4.67. The Bertz CT molecular complexity index is 1300. The van der Waals surface area contributed by atoms with Crippen molar-refractivity contribution in [2.75, 3.05) is 18.4 Å². The molecule has 0 bridgehead atoms. The summed E-state index contributed by atoms with van der Waals surface area (Å²) in [7, 11) is 0. The Hall–Kier alpha value is -3.45. The Morgan fingerprint density at radius 1 is 1.24 bits per heavy atom. The van der Waals surface area contributed by atoms with E-state index in [0.29, 0.717) is 12.2 Å². The second-order valence-corrected chi connectivity index (χ2v) is 8.85. The van der Waals surface area contributed by atoms with Crippen LogP contribution in [0.25, 0.3) is 17.3 Å². The number of oxazole rings is 1. The van der Waals surface area contributed by atoms with Gasteiger partial charge in [0.25, 0.3) is 0 Å². The molecule has 1 saturated heterocycles. The number of anilines is 1. The minimum absolute atomic E-state index is 0.118. The van der Waals surface area contributed by atoms with Crippen molar-refractivity contribution in [3.63, 3.8) is 0 Å². The maximum Gasteiger partial charge on any atom is 0.397 e. The van der Waals surface area contributed by atoms with Crippen molar-refractivity contribution in [1.29, 1.82) is 5.26 Å². The second kappa shape index (κ2) is 8.72. The van der Waals surface area contributed by atoms with Crippen molar-refractivity contribution >= 4 is 23.1 Å². The molecule has 1 fully saturated rings. The van der Waals surface area contributed by atoms with Crippen LogP contribution in [-0.2, 0) is 19.4 Å². The molecule has 1 aliphatic carbocycles. The lowest BCUT2D eigenvalue weighted by Crippen LogP contribution is -2.39. The van der Waals surface area contributed by atoms with E-state index in [9.17, 15) is 18.4 Å². The summed E-state index contributed by atoms with van der Waals surface area (Å²) in [5.41, 5.74) is 5.96. The van der Waals surface area contributed by atoms with Crippen LogP contribution >= 0.6 is 0 Å². The molecule has 0 atom stereocenters. The predicted octanol–water partition coefficient (Wildman–Crippen LogP) is 4.57. The molecular weight excluding hydrogens is 445 g/mol. The molecule has 0 amide bonds. The summed E-state index contributed by atoms with van der Waals surface area (Å²) in [6, 6.07) is 6.66. The summed E-state index contributed by atoms with van der Waals surface area (Å²) in [4.78, 5) is 14.3. The molecule has 176 valence electrons. The van der Waals surface area contributed by atoms with Crippen LogP contribution in [0.2, 0.25) is 0 Å². The monoisotopic (exact) mass is 468 g/mol. The number of rotatable bonds is 5. The van der Waals surface area contributed by atoms with Crippen LogP contribution in [0.1, 0.15) is 41.0 Å². The minimum Gasteiger partial charge on any atom is -0.435 e. The molecule has 3 aromatic rings. The Balaban J connectivity index is 1.22. The molecule has 2 aromatic heterocycles. The summed E-state index contributed by atoms with van der Waals surface area (Å²) in [5.74, 6) is -0.0405. The van der Waals surface area contributed by atoms with E-state index in [0.717, 1.165) is 38.0 Å². The van der Waals surface area contributed by atoms with Gasteiger partial charge in [0, 0.05) is 37.7 Å². The first-order valence-corrected chi connectivity index (χ1v) is 11.2. The van der Waals surface area contributed by atoms with Crippen molar-refractivity contribution in [1.82, 2.24) is 19.9 Å². The zero-order valence-corrected chi connectivity index (χ0v) is 18.6. The fourth-order valence-electron chi connectivity index (χ4n) is 4.67. The smallest absolute Gasteiger partial charge is 0.397 e. The van der Waals surface area contributed by atoms with Gasteiger partial charge in [0.1, 0.15) is 12.7 Å². The molecule has 7 nitrogen and oxygen atoms in total. The van der Waals surface area contributed by atoms with E-state index in [1.807, 2.05) is 6.08 Å². The number of nitrogens with zero attached hydrogens (tertiary/aromatic N) is 5. The first-order valence-electron chi connectivity index (χ1n) is 11.2. The number of allylic oxidation sites excluding steroid dienone is 1. The summed E-state index contributed by atoms with van der Waals surface area (Å²) in [6.45, 7) is 4.70. The highest BCUT2D eigenvalue weighted by molar-refractivity contribution is 5.80. The maximum absolute atomic E-state index is 12.7. The number of fused-ring (bicyclic) bond motifs is 2. The van der Waals surface area contributed by atoms with Crippen LogP contribution in [-0.4, -0.2) is 45.2 Å². The van der Waals surface area contributed by atoms with E-state index >= 15 is 0 Å². The van der Waals surface area contributed by atoms with Gasteiger partial charge in [-0.3, -0.25) is 4.90 Å². The van der Waals surface area contributed by atoms with Crippen LogP contribution in [0.15, 0.2) is 28.5 Å². The molecule has 34 heavy (non-hydrogen) atoms. The van der Waals surface area contributed by atoms with E-state index in [4.69, 9.17) is 4.42 Å². The molecule has 5 rings (SSSR count). The average molecular weight is 468 g/mol. The third kappa shape index (κ3) is 4.61. The van der Waals surface area contributed by atoms with Crippen molar-refractivity contribution in [3.8, 4) is 6.07 Å². The van der Waals surface area contributed by atoms with Crippen molar-refractivity contribution < 1.29 is 17.6 Å². The molecule has 0 unspecified atom stereocenters. The number of hydrogen-bond acceptors (Lipinski definition) is 7. The number of piperidine rings is 1. The molecule has 1 N–H and O–H groups in total. The van der Waals surface area contributed by atoms with E-state index in [1.54, 1.807) is 0 Å². The highest BCUT2D eigenvalue weighted by atomic mass is 19.4. The van der Waals surface area contributed by atoms with Gasteiger partial charge in [0.2, 0.25) is 17.1 Å². The number of aromatic nitrogens is 3. The zero-order chi connectivity index (χ0) is 23.9. The lowest BCUT2D eigenvalue weighted by molar-refractivity contribution is -0.130. The molecule has 0 spiro atoms. The minimum atomic E-state index is -4.40. The van der Waals surface area contributed by atoms with Gasteiger partial charge < -0.3 is 9.73 Å². The summed E-state index contributed by atoms with van der Waals surface area (Å²) in [5, 5.41) is 12.5. The Morgan fingerprint density at radius 3 is 2.76 bits per heavy atom. The van der Waals surface area contributed by atoms with Crippen molar-refractivity contribution in [3.05, 3.63) is 52.2 Å². The Kier molecular flexibility index (Phi) is 5.73. The first kappa shape index (κ1) is 22.3. The van der Waals surface area contributed by atoms with Gasteiger partial charge in [-0.2, -0.15) is 23.4 Å². The number of hydrogen-bond donors (Lipinski definition) is 1. The van der Waals surface area contributed by atoms with Crippen molar-refractivity contribution in [2.24, 2.45) is 0 Å². The van der Waals surface area contributed by atoms with Gasteiger partial charge in [-0.15, -0.1) is 0 Å². The SMILES string of the molecule is Cc1c(CN2CCC(Nc3ncnc4nc(CC(F)(F)F)oc34)CC2)ccc2c1C=C(C#N)C2. The van der Waals surface area contributed by atoms with E-state index < -0.39 is 18.5 Å². The summed E-state index contributed by atoms with van der Waals surface area (Å²) in [6.07, 6.45) is 0.0637. The van der Waals surface area contributed by atoms with Crippen LogP contribution in [0, 0.1) is 18.3 Å². The molecule has 1 aliphatic heterocycles. The highest BCUT2D eigenvalue weighted by Gasteiger charge is 2.31. The van der Waals surface area contributed by atoms with Crippen LogP contribution in [0.3, 0.4) is 0 Å². The Morgan fingerprint density at radius 2 is 2.03 bits per heavy atom. The van der Waals surface area contributed by atoms with Crippen LogP contribution in [0.4, 0.5) is 19.0 Å². The molecule has 3 heterocycles. The molecule has 0 radical (unpaired) electrons. The summed E-state index contributed by atoms with van der Waals surface area (Å²) < 4.78 is 43.4. The third-order valence-electron chi connectivity index (χ3n) is 6.47. The lowest BCUT2D eigenvalue weighted by atomic mass is 9.97. The number of alkyl halides is 3. The number of likely N-dealkylation sites (tertiary alicyclic amines) is 1. The van der Waals surface area contributed by atoms with Crippen LogP contribution in [0.5, 0.6) is 0 Å². The molecule has 1 aromatic carbocycles. The maximum atomic E-state index is 12.7. The summed E-state index contributed by atoms with van der Waals surface area (Å²) >= 11 is 0. The van der Waals surface area contributed by atoms with E-state index in [-0.39, 0.29) is 17.3 Å². The molecule has 2 aliphatic rings. The van der Waals surface area contributed by atoms with Gasteiger partial charge in [0.15, 0.2) is 5.82 Å². The largest absolute Gasteiger partial charge is 0.435 e. The Labute approximate surface area is 194 Å². The topological polar surface area (TPSA) is 90.9 Å². The number of nitrogens with one attached hydrogen (secondary N) is 1. The van der Waals surface area contributed by atoms with Crippen molar-refractivity contribution in [2.45, 2.75) is 51.4 Å². The number of benzene rings is 1. The highest BCUT2D eigenvalue weighted by Crippen LogP contribution is 2.31. The number of halogens is 3. The van der Waals surface area contributed by atoms with E-state index in [1.165, 1.54) is 28.6 Å². The van der Waals surface area contributed by atoms with Gasteiger partial charge in [-0.05, 0) is 48.1 Å². The molecular formula is C24H23F3N6O. The first-order chi connectivity index (χ1) is 16.3. The zero-order valence-electron chi connectivity index (χ0n) is 18.6.